The lowest BCUT2D eigenvalue weighted by Gasteiger charge is -1.98. The fourth-order valence-electron chi connectivity index (χ4n) is 0.665. The number of nitrogens with zero attached hydrogens (tertiary/aromatic N) is 2. The summed E-state index contributed by atoms with van der Waals surface area (Å²) in [5, 5.41) is 18.4. The van der Waals surface area contributed by atoms with E-state index < -0.39 is 17.8 Å². The SMILES string of the molecule is N#CC(C=NCCCC(=O)[O-])C(N)=O. The van der Waals surface area contributed by atoms with Crippen molar-refractivity contribution in [2.75, 3.05) is 6.54 Å². The molecule has 0 aromatic carbocycles. The summed E-state index contributed by atoms with van der Waals surface area (Å²) >= 11 is 0. The third kappa shape index (κ3) is 5.71. The molecule has 0 spiro atoms. The first-order chi connectivity index (χ1) is 6.57. The van der Waals surface area contributed by atoms with Gasteiger partial charge in [0.15, 0.2) is 5.92 Å². The van der Waals surface area contributed by atoms with E-state index in [9.17, 15) is 14.7 Å². The predicted molar refractivity (Wildman–Crippen MR) is 45.9 cm³/mol. The van der Waals surface area contributed by atoms with Crippen molar-refractivity contribution in [2.24, 2.45) is 16.6 Å². The van der Waals surface area contributed by atoms with Gasteiger partial charge >= 0.3 is 0 Å². The number of hydrogen-bond acceptors (Lipinski definition) is 5. The summed E-state index contributed by atoms with van der Waals surface area (Å²) in [7, 11) is 0. The number of primary amides is 1. The second-order valence-electron chi connectivity index (χ2n) is 2.54. The van der Waals surface area contributed by atoms with Crippen LogP contribution >= 0.6 is 0 Å². The molecule has 0 fully saturated rings. The van der Waals surface area contributed by atoms with Crippen LogP contribution in [-0.2, 0) is 9.59 Å². The maximum Gasteiger partial charge on any atom is 0.240 e. The molecule has 0 aliphatic heterocycles. The van der Waals surface area contributed by atoms with Crippen LogP contribution in [0.15, 0.2) is 4.99 Å². The van der Waals surface area contributed by atoms with Crippen LogP contribution in [0.5, 0.6) is 0 Å². The van der Waals surface area contributed by atoms with Crippen molar-refractivity contribution in [3.63, 3.8) is 0 Å². The van der Waals surface area contributed by atoms with E-state index in [2.05, 4.69) is 4.99 Å². The molecule has 0 saturated carbocycles. The first kappa shape index (κ1) is 12.1. The summed E-state index contributed by atoms with van der Waals surface area (Å²) < 4.78 is 0. The second-order valence-corrected chi connectivity index (χ2v) is 2.54. The molecule has 2 N–H and O–H groups in total. The number of aliphatic imine (C=N–C) groups is 1. The summed E-state index contributed by atoms with van der Waals surface area (Å²) in [6.07, 6.45) is 1.35. The van der Waals surface area contributed by atoms with Gasteiger partial charge in [-0.2, -0.15) is 5.26 Å². The monoisotopic (exact) mass is 196 g/mol. The molecule has 14 heavy (non-hydrogen) atoms. The molecule has 0 bridgehead atoms. The third-order valence-electron chi connectivity index (χ3n) is 1.37. The standard InChI is InChI=1S/C8H11N3O3/c9-4-6(8(10)14)5-11-3-1-2-7(12)13/h5-6H,1-3H2,(H2,10,14)(H,12,13)/p-1. The van der Waals surface area contributed by atoms with Crippen LogP contribution in [0.2, 0.25) is 0 Å². The van der Waals surface area contributed by atoms with Crippen LogP contribution in [0, 0.1) is 17.2 Å². The van der Waals surface area contributed by atoms with Crippen LogP contribution in [-0.4, -0.2) is 24.6 Å². The molecule has 0 aliphatic carbocycles. The Balaban J connectivity index is 3.77. The summed E-state index contributed by atoms with van der Waals surface area (Å²) in [6, 6.07) is 1.65. The average molecular weight is 196 g/mol. The third-order valence-corrected chi connectivity index (χ3v) is 1.37. The minimum absolute atomic E-state index is 0.0921. The molecular formula is C8H10N3O3-. The van der Waals surface area contributed by atoms with Gasteiger partial charge in [-0.15, -0.1) is 0 Å². The van der Waals surface area contributed by atoms with E-state index in [1.54, 1.807) is 6.07 Å². The van der Waals surface area contributed by atoms with Gasteiger partial charge in [0.25, 0.3) is 0 Å². The van der Waals surface area contributed by atoms with Crippen molar-refractivity contribution in [1.29, 1.82) is 5.26 Å². The summed E-state index contributed by atoms with van der Waals surface area (Å²) in [5.41, 5.74) is 4.85. The van der Waals surface area contributed by atoms with Gasteiger partial charge in [-0.25, -0.2) is 0 Å². The fraction of sp³-hybridized carbons (Fsp3) is 0.500. The van der Waals surface area contributed by atoms with Gasteiger partial charge in [-0.1, -0.05) is 0 Å². The molecule has 76 valence electrons. The Kier molecular flexibility index (Phi) is 5.70. The number of rotatable bonds is 6. The minimum Gasteiger partial charge on any atom is -0.550 e. The van der Waals surface area contributed by atoms with Gasteiger partial charge in [0.2, 0.25) is 5.91 Å². The van der Waals surface area contributed by atoms with Crippen molar-refractivity contribution in [3.05, 3.63) is 0 Å². The summed E-state index contributed by atoms with van der Waals surface area (Å²) in [4.78, 5) is 24.2. The molecular weight excluding hydrogens is 186 g/mol. The molecule has 6 nitrogen and oxygen atoms in total. The molecule has 0 rings (SSSR count). The van der Waals surface area contributed by atoms with Gasteiger partial charge in [-0.05, 0) is 12.8 Å². The van der Waals surface area contributed by atoms with E-state index in [4.69, 9.17) is 11.0 Å². The fourth-order valence-corrected chi connectivity index (χ4v) is 0.665. The normalized spacial score (nSPS) is 12.2. The molecule has 0 radical (unpaired) electrons. The number of amides is 1. The van der Waals surface area contributed by atoms with Gasteiger partial charge < -0.3 is 15.6 Å². The van der Waals surface area contributed by atoms with Crippen molar-refractivity contribution in [1.82, 2.24) is 0 Å². The lowest BCUT2D eigenvalue weighted by molar-refractivity contribution is -0.305. The maximum absolute atomic E-state index is 10.5. The Bertz CT molecular complexity index is 280. The van der Waals surface area contributed by atoms with Crippen molar-refractivity contribution < 1.29 is 14.7 Å². The summed E-state index contributed by atoms with van der Waals surface area (Å²) in [6.45, 7) is 0.236. The second kappa shape index (κ2) is 6.60. The molecule has 1 atom stereocenters. The van der Waals surface area contributed by atoms with Gasteiger partial charge in [-0.3, -0.25) is 9.79 Å². The zero-order valence-electron chi connectivity index (χ0n) is 7.47. The average Bonchev–Trinajstić information content (AvgIpc) is 2.10. The van der Waals surface area contributed by atoms with Gasteiger partial charge in [0.05, 0.1) is 6.07 Å². The molecule has 0 aromatic rings. The number of nitrogens with two attached hydrogens (primary N) is 1. The number of carboxylic acids is 1. The molecule has 0 aromatic heterocycles. The molecule has 1 amide bonds. The topological polar surface area (TPSA) is 119 Å². The highest BCUT2D eigenvalue weighted by Gasteiger charge is 2.09. The Morgan fingerprint density at radius 1 is 1.64 bits per heavy atom. The Labute approximate surface area is 81.0 Å². The lowest BCUT2D eigenvalue weighted by Crippen LogP contribution is -2.23. The lowest BCUT2D eigenvalue weighted by atomic mass is 10.2. The molecule has 0 heterocycles. The van der Waals surface area contributed by atoms with Gasteiger partial charge in [0.1, 0.15) is 0 Å². The van der Waals surface area contributed by atoms with Gasteiger partial charge in [0, 0.05) is 18.7 Å². The van der Waals surface area contributed by atoms with Crippen LogP contribution in [0.4, 0.5) is 0 Å². The Morgan fingerprint density at radius 3 is 2.71 bits per heavy atom. The van der Waals surface area contributed by atoms with E-state index in [0.29, 0.717) is 6.42 Å². The van der Waals surface area contributed by atoms with Crippen LogP contribution < -0.4 is 10.8 Å². The van der Waals surface area contributed by atoms with Crippen LogP contribution in [0.1, 0.15) is 12.8 Å². The summed E-state index contributed by atoms with van der Waals surface area (Å²) in [5.74, 6) is -2.96. The number of carbonyl (C=O) groups is 2. The first-order valence-electron chi connectivity index (χ1n) is 3.96. The number of nitriles is 1. The Hall–Kier alpha value is -1.90. The van der Waals surface area contributed by atoms with Crippen molar-refractivity contribution >= 4 is 18.1 Å². The van der Waals surface area contributed by atoms with Crippen molar-refractivity contribution in [3.8, 4) is 6.07 Å². The van der Waals surface area contributed by atoms with E-state index >= 15 is 0 Å². The first-order valence-corrected chi connectivity index (χ1v) is 3.96. The molecule has 1 unspecified atom stereocenters. The maximum atomic E-state index is 10.5. The highest BCUT2D eigenvalue weighted by Crippen LogP contribution is 1.91. The van der Waals surface area contributed by atoms with E-state index in [1.807, 2.05) is 0 Å². The molecule has 6 heteroatoms. The number of aliphatic carboxylic acids is 1. The van der Waals surface area contributed by atoms with Crippen LogP contribution in [0.25, 0.3) is 0 Å². The zero-order valence-corrected chi connectivity index (χ0v) is 7.47. The number of hydrogen-bond donors (Lipinski definition) is 1. The highest BCUT2D eigenvalue weighted by atomic mass is 16.4. The number of carbonyl (C=O) groups excluding carboxylic acids is 2. The zero-order chi connectivity index (χ0) is 11.0. The highest BCUT2D eigenvalue weighted by molar-refractivity contribution is 5.95. The smallest absolute Gasteiger partial charge is 0.240 e. The minimum atomic E-state index is -1.15. The van der Waals surface area contributed by atoms with Crippen molar-refractivity contribution in [2.45, 2.75) is 12.8 Å². The van der Waals surface area contributed by atoms with Crippen LogP contribution in [0.3, 0.4) is 0 Å². The Morgan fingerprint density at radius 2 is 2.29 bits per heavy atom. The molecule has 0 aliphatic rings. The predicted octanol–water partition coefficient (Wildman–Crippen LogP) is -1.79. The quantitative estimate of drug-likeness (QED) is 0.398. The van der Waals surface area contributed by atoms with E-state index in [1.165, 1.54) is 0 Å². The van der Waals surface area contributed by atoms with E-state index in [-0.39, 0.29) is 13.0 Å². The van der Waals surface area contributed by atoms with E-state index in [0.717, 1.165) is 6.21 Å². The number of carboxylic acid groups (broad SMARTS) is 1. The molecule has 0 saturated heterocycles. The largest absolute Gasteiger partial charge is 0.550 e.